The number of nitrogens with zero attached hydrogens (tertiary/aromatic N) is 3. The summed E-state index contributed by atoms with van der Waals surface area (Å²) in [6, 6.07) is 11.8. The maximum Gasteiger partial charge on any atom is 0.276 e. The predicted octanol–water partition coefficient (Wildman–Crippen LogP) is 4.34. The van der Waals surface area contributed by atoms with Crippen molar-refractivity contribution in [3.8, 4) is 17.3 Å². The summed E-state index contributed by atoms with van der Waals surface area (Å²) >= 11 is 0. The molecule has 3 aromatic rings. The number of nitrogens with one attached hydrogen (secondary N) is 2. The van der Waals surface area contributed by atoms with Crippen molar-refractivity contribution in [3.63, 3.8) is 0 Å². The van der Waals surface area contributed by atoms with E-state index in [-0.39, 0.29) is 18.7 Å². The number of halogens is 1. The van der Waals surface area contributed by atoms with Gasteiger partial charge in [-0.25, -0.2) is 9.37 Å². The molecule has 0 aliphatic carbocycles. The number of ether oxygens (including phenoxy) is 2. The first-order valence-electron chi connectivity index (χ1n) is 12.6. The van der Waals surface area contributed by atoms with Crippen LogP contribution in [0.25, 0.3) is 5.69 Å². The monoisotopic (exact) mass is 493 g/mol. The fourth-order valence-corrected chi connectivity index (χ4v) is 4.37. The minimum atomic E-state index is -1.44. The third kappa shape index (κ3) is 5.74. The first-order chi connectivity index (χ1) is 17.5. The van der Waals surface area contributed by atoms with Gasteiger partial charge in [0.15, 0.2) is 5.67 Å². The smallest absolute Gasteiger partial charge is 0.276 e. The van der Waals surface area contributed by atoms with E-state index in [1.54, 1.807) is 24.5 Å². The van der Waals surface area contributed by atoms with Gasteiger partial charge in [0.2, 0.25) is 5.88 Å². The van der Waals surface area contributed by atoms with Gasteiger partial charge in [-0.3, -0.25) is 4.79 Å². The summed E-state index contributed by atoms with van der Waals surface area (Å²) in [6.45, 7) is 3.83. The number of aromatic nitrogens is 3. The average molecular weight is 494 g/mol. The van der Waals surface area contributed by atoms with Gasteiger partial charge in [-0.1, -0.05) is 25.5 Å². The zero-order chi connectivity index (χ0) is 25.0. The molecule has 0 amide bonds. The minimum Gasteiger partial charge on any atom is -0.439 e. The van der Waals surface area contributed by atoms with Gasteiger partial charge in [0.1, 0.15) is 5.75 Å². The van der Waals surface area contributed by atoms with Crippen LogP contribution in [0.2, 0.25) is 0 Å². The summed E-state index contributed by atoms with van der Waals surface area (Å²) in [7, 11) is 0. The second kappa shape index (κ2) is 10.8. The Bertz CT molecular complexity index is 1220. The van der Waals surface area contributed by atoms with Crippen LogP contribution in [0.1, 0.15) is 49.8 Å². The van der Waals surface area contributed by atoms with Crippen molar-refractivity contribution in [2.45, 2.75) is 50.7 Å². The van der Waals surface area contributed by atoms with E-state index in [4.69, 9.17) is 9.47 Å². The van der Waals surface area contributed by atoms with Crippen LogP contribution in [0, 0.1) is 0 Å². The first kappa shape index (κ1) is 24.4. The molecule has 0 spiro atoms. The number of hydrogen-bond acceptors (Lipinski definition) is 7. The van der Waals surface area contributed by atoms with Crippen LogP contribution in [0.4, 0.5) is 10.1 Å². The average Bonchev–Trinajstić information content (AvgIpc) is 3.74. The molecule has 0 radical (unpaired) electrons. The summed E-state index contributed by atoms with van der Waals surface area (Å²) in [5.41, 5.74) is 1.27. The molecule has 2 fully saturated rings. The van der Waals surface area contributed by atoms with Crippen LogP contribution in [0.15, 0.2) is 53.6 Å². The summed E-state index contributed by atoms with van der Waals surface area (Å²) in [6.07, 6.45) is 6.66. The second-order valence-electron chi connectivity index (χ2n) is 9.50. The van der Waals surface area contributed by atoms with Crippen LogP contribution in [0.5, 0.6) is 11.6 Å². The zero-order valence-electron chi connectivity index (χ0n) is 20.5. The van der Waals surface area contributed by atoms with Gasteiger partial charge >= 0.3 is 0 Å². The van der Waals surface area contributed by atoms with Crippen LogP contribution in [0.3, 0.4) is 0 Å². The molecule has 0 bridgehead atoms. The first-order valence-corrected chi connectivity index (χ1v) is 12.6. The molecule has 2 aliphatic rings. The Kier molecular flexibility index (Phi) is 7.29. The third-order valence-corrected chi connectivity index (χ3v) is 6.61. The molecule has 1 aromatic carbocycles. The highest BCUT2D eigenvalue weighted by molar-refractivity contribution is 5.49. The van der Waals surface area contributed by atoms with Gasteiger partial charge in [-0.05, 0) is 49.4 Å². The summed E-state index contributed by atoms with van der Waals surface area (Å²) in [5.74, 6) is 1.12. The maximum atomic E-state index is 15.0. The molecule has 4 heterocycles. The Balaban J connectivity index is 1.32. The number of anilines is 1. The SMILES string of the molecule is CCCCc1c(NC[C@]2(F)CCCOC2)cnn(-c2ccc(Oc3ccc(C4CN4)cc3)nc2)c1=O. The van der Waals surface area contributed by atoms with Crippen LogP contribution in [-0.2, 0) is 11.2 Å². The number of hydrogen-bond donors (Lipinski definition) is 2. The number of benzene rings is 1. The second-order valence-corrected chi connectivity index (χ2v) is 9.50. The van der Waals surface area contributed by atoms with Gasteiger partial charge in [0.25, 0.3) is 5.56 Å². The fourth-order valence-electron chi connectivity index (χ4n) is 4.37. The van der Waals surface area contributed by atoms with E-state index in [2.05, 4.69) is 27.6 Å². The number of pyridine rings is 1. The Morgan fingerprint density at radius 3 is 2.75 bits per heavy atom. The molecule has 5 rings (SSSR count). The number of unbranched alkanes of at least 4 members (excludes halogenated alkanes) is 1. The highest BCUT2D eigenvalue weighted by Crippen LogP contribution is 2.27. The van der Waals surface area contributed by atoms with Gasteiger partial charge < -0.3 is 20.1 Å². The molecule has 2 aromatic heterocycles. The van der Waals surface area contributed by atoms with E-state index in [9.17, 15) is 4.79 Å². The molecule has 36 heavy (non-hydrogen) atoms. The van der Waals surface area contributed by atoms with Crippen molar-refractivity contribution in [1.82, 2.24) is 20.1 Å². The van der Waals surface area contributed by atoms with Crippen LogP contribution < -0.4 is 20.9 Å². The van der Waals surface area contributed by atoms with Crippen molar-refractivity contribution in [2.24, 2.45) is 0 Å². The predicted molar refractivity (Wildman–Crippen MR) is 136 cm³/mol. The molecule has 8 nitrogen and oxygen atoms in total. The molecule has 2 atom stereocenters. The van der Waals surface area contributed by atoms with Crippen molar-refractivity contribution in [1.29, 1.82) is 0 Å². The molecule has 2 N–H and O–H groups in total. The van der Waals surface area contributed by atoms with Crippen molar-refractivity contribution >= 4 is 5.69 Å². The van der Waals surface area contributed by atoms with Crippen LogP contribution in [-0.4, -0.2) is 46.7 Å². The third-order valence-electron chi connectivity index (χ3n) is 6.61. The topological polar surface area (TPSA) is 100 Å². The van der Waals surface area contributed by atoms with Crippen molar-refractivity contribution < 1.29 is 13.9 Å². The van der Waals surface area contributed by atoms with Gasteiger partial charge in [-0.2, -0.15) is 9.78 Å². The molecule has 2 aliphatic heterocycles. The van der Waals surface area contributed by atoms with Crippen LogP contribution >= 0.6 is 0 Å². The fraction of sp³-hybridized carbons (Fsp3) is 0.444. The molecule has 2 saturated heterocycles. The molecular weight excluding hydrogens is 461 g/mol. The van der Waals surface area contributed by atoms with E-state index in [0.29, 0.717) is 60.5 Å². The van der Waals surface area contributed by atoms with Crippen molar-refractivity contribution in [3.05, 3.63) is 70.3 Å². The molecule has 1 unspecified atom stereocenters. The minimum absolute atomic E-state index is 0.0662. The molecule has 0 saturated carbocycles. The lowest BCUT2D eigenvalue weighted by atomic mass is 9.98. The molecule has 9 heteroatoms. The molecular formula is C27H32FN5O3. The number of rotatable bonds is 10. The standard InChI is InChI=1S/C27H32FN5O3/c1-2-3-5-22-24(31-17-27(28)12-4-13-35-18-27)16-32-33(26(22)34)20-8-11-25(30-14-20)36-21-9-6-19(7-10-21)23-15-29-23/h6-11,14,16,23,29,31H,2-5,12-13,15,17-18H2,1H3/t23?,27-/m1/s1. The maximum absolute atomic E-state index is 15.0. The van der Waals surface area contributed by atoms with E-state index in [1.807, 2.05) is 24.3 Å². The number of alkyl halides is 1. The lowest BCUT2D eigenvalue weighted by molar-refractivity contribution is -0.0234. The van der Waals surface area contributed by atoms with Gasteiger partial charge in [0.05, 0.1) is 36.9 Å². The van der Waals surface area contributed by atoms with E-state index >= 15 is 4.39 Å². The summed E-state index contributed by atoms with van der Waals surface area (Å²) in [4.78, 5) is 17.7. The highest BCUT2D eigenvalue weighted by atomic mass is 19.1. The lowest BCUT2D eigenvalue weighted by Gasteiger charge is -2.30. The quantitative estimate of drug-likeness (QED) is 0.405. The zero-order valence-corrected chi connectivity index (χ0v) is 20.5. The van der Waals surface area contributed by atoms with E-state index < -0.39 is 5.67 Å². The normalized spacial score (nSPS) is 21.2. The Morgan fingerprint density at radius 1 is 1.25 bits per heavy atom. The Morgan fingerprint density at radius 2 is 2.08 bits per heavy atom. The van der Waals surface area contributed by atoms with Gasteiger partial charge in [0, 0.05) is 30.8 Å². The largest absolute Gasteiger partial charge is 0.439 e. The highest BCUT2D eigenvalue weighted by Gasteiger charge is 2.32. The Hall–Kier alpha value is -3.30. The Labute approximate surface area is 209 Å². The van der Waals surface area contributed by atoms with Crippen molar-refractivity contribution in [2.75, 3.05) is 31.6 Å². The lowest BCUT2D eigenvalue weighted by Crippen LogP contribution is -2.41. The summed E-state index contributed by atoms with van der Waals surface area (Å²) in [5, 5.41) is 10.8. The van der Waals surface area contributed by atoms with E-state index in [0.717, 1.165) is 19.4 Å². The van der Waals surface area contributed by atoms with Gasteiger partial charge in [-0.15, -0.1) is 0 Å². The summed E-state index contributed by atoms with van der Waals surface area (Å²) < 4.78 is 27.5. The molecule has 190 valence electrons. The van der Waals surface area contributed by atoms with E-state index in [1.165, 1.54) is 10.2 Å².